The van der Waals surface area contributed by atoms with Crippen molar-refractivity contribution >= 4 is 0 Å². The smallest absolute Gasteiger partial charge is 0.00915 e. The van der Waals surface area contributed by atoms with Crippen LogP contribution in [0.2, 0.25) is 0 Å². The van der Waals surface area contributed by atoms with Gasteiger partial charge in [0.2, 0.25) is 0 Å². The first-order valence-electron chi connectivity index (χ1n) is 4.35. The van der Waals surface area contributed by atoms with Crippen molar-refractivity contribution in [2.75, 3.05) is 0 Å². The van der Waals surface area contributed by atoms with E-state index in [0.717, 1.165) is 30.6 Å². The van der Waals surface area contributed by atoms with Gasteiger partial charge >= 0.3 is 0 Å². The van der Waals surface area contributed by atoms with Crippen LogP contribution in [-0.4, -0.2) is 0 Å². The maximum atomic E-state index is 3.21. The Morgan fingerprint density at radius 1 is 1.00 bits per heavy atom. The Morgan fingerprint density at radius 2 is 1.50 bits per heavy atom. The third kappa shape index (κ3) is 0.944. The van der Waals surface area contributed by atoms with Crippen molar-refractivity contribution in [1.29, 1.82) is 0 Å². The van der Waals surface area contributed by atoms with Gasteiger partial charge < -0.3 is 0 Å². The zero-order valence-corrected chi connectivity index (χ0v) is 6.56. The molecule has 0 aromatic carbocycles. The van der Waals surface area contributed by atoms with E-state index in [0.29, 0.717) is 0 Å². The number of rotatable bonds is 0. The number of hydrogen-bond acceptors (Lipinski definition) is 0. The summed E-state index contributed by atoms with van der Waals surface area (Å²) < 4.78 is 0. The van der Waals surface area contributed by atoms with E-state index < -0.39 is 0 Å². The van der Waals surface area contributed by atoms with Crippen molar-refractivity contribution in [2.45, 2.75) is 32.6 Å². The van der Waals surface area contributed by atoms with Crippen LogP contribution in [0.3, 0.4) is 0 Å². The Morgan fingerprint density at radius 3 is 2.00 bits per heavy atom. The number of hydrogen-bond donors (Lipinski definition) is 0. The van der Waals surface area contributed by atoms with E-state index in [1.807, 2.05) is 0 Å². The molecule has 10 heavy (non-hydrogen) atoms. The molecule has 3 atom stereocenters. The summed E-state index contributed by atoms with van der Waals surface area (Å²) in [6, 6.07) is 0. The summed E-state index contributed by atoms with van der Waals surface area (Å²) in [7, 11) is 0. The minimum atomic E-state index is 1.02. The van der Waals surface area contributed by atoms with Gasteiger partial charge in [0.25, 0.3) is 0 Å². The molecule has 0 spiro atoms. The minimum Gasteiger partial charge on any atom is -0.103 e. The molecule has 0 nitrogen and oxygen atoms in total. The molecule has 0 heteroatoms. The maximum Gasteiger partial charge on any atom is 0.00915 e. The second kappa shape index (κ2) is 2.31. The van der Waals surface area contributed by atoms with Gasteiger partial charge in [-0.3, -0.25) is 0 Å². The summed E-state index contributed by atoms with van der Waals surface area (Å²) >= 11 is 0. The molecule has 0 bridgehead atoms. The maximum absolute atomic E-state index is 3.21. The predicted molar refractivity (Wildman–Crippen MR) is 42.4 cm³/mol. The Labute approximate surface area is 63.0 Å². The average Bonchev–Trinajstić information content (AvgIpc) is 2.39. The lowest BCUT2D eigenvalue weighted by atomic mass is 10.1. The normalized spacial score (nSPS) is 43.9. The van der Waals surface area contributed by atoms with Gasteiger partial charge in [-0.15, -0.1) is 11.8 Å². The molecule has 0 saturated heterocycles. The molecule has 0 aliphatic heterocycles. The van der Waals surface area contributed by atoms with Gasteiger partial charge in [-0.05, 0) is 30.6 Å². The third-order valence-electron chi connectivity index (χ3n) is 3.09. The van der Waals surface area contributed by atoms with Crippen molar-refractivity contribution in [3.63, 3.8) is 0 Å². The molecule has 0 aromatic rings. The molecule has 2 aliphatic carbocycles. The summed E-state index contributed by atoms with van der Waals surface area (Å²) in [5.41, 5.74) is 0. The molecule has 2 aliphatic rings. The van der Waals surface area contributed by atoms with E-state index in [1.54, 1.807) is 0 Å². The molecule has 1 saturated carbocycles. The van der Waals surface area contributed by atoms with E-state index in [1.165, 1.54) is 12.8 Å². The Hall–Kier alpha value is -0.440. The Bertz CT molecular complexity index is 164. The zero-order valence-electron chi connectivity index (χ0n) is 6.56. The second-order valence-corrected chi connectivity index (χ2v) is 3.62. The van der Waals surface area contributed by atoms with Gasteiger partial charge in [0.15, 0.2) is 0 Å². The van der Waals surface area contributed by atoms with E-state index in [-0.39, 0.29) is 0 Å². The van der Waals surface area contributed by atoms with Crippen LogP contribution in [0, 0.1) is 29.6 Å². The van der Waals surface area contributed by atoms with Gasteiger partial charge in [0.05, 0.1) is 0 Å². The highest BCUT2D eigenvalue weighted by molar-refractivity contribution is 5.06. The van der Waals surface area contributed by atoms with Crippen molar-refractivity contribution in [1.82, 2.24) is 0 Å². The Balaban J connectivity index is 1.97. The quantitative estimate of drug-likeness (QED) is 0.446. The first kappa shape index (κ1) is 6.28. The standard InChI is InChI=1S/C10H14/c1-8-9-6-4-2-3-5-7-10(8)9/h8-10H,4-7H2,1H3/t8-,9+,10-. The highest BCUT2D eigenvalue weighted by Gasteiger charge is 2.44. The molecular weight excluding hydrogens is 120 g/mol. The van der Waals surface area contributed by atoms with Crippen LogP contribution in [0.1, 0.15) is 32.6 Å². The van der Waals surface area contributed by atoms with Gasteiger partial charge in [0, 0.05) is 12.8 Å². The van der Waals surface area contributed by atoms with Crippen molar-refractivity contribution in [2.24, 2.45) is 17.8 Å². The molecule has 0 unspecified atom stereocenters. The van der Waals surface area contributed by atoms with Crippen LogP contribution in [0.4, 0.5) is 0 Å². The minimum absolute atomic E-state index is 1.02. The van der Waals surface area contributed by atoms with E-state index in [2.05, 4.69) is 18.8 Å². The molecule has 0 amide bonds. The largest absolute Gasteiger partial charge is 0.103 e. The highest BCUT2D eigenvalue weighted by atomic mass is 14.5. The fraction of sp³-hybridized carbons (Fsp3) is 0.800. The molecular formula is C10H14. The summed E-state index contributed by atoms with van der Waals surface area (Å²) in [5.74, 6) is 9.55. The molecule has 54 valence electrons. The number of fused-ring (bicyclic) bond motifs is 1. The molecule has 1 fully saturated rings. The van der Waals surface area contributed by atoms with Crippen LogP contribution in [-0.2, 0) is 0 Å². The molecule has 0 radical (unpaired) electrons. The summed E-state index contributed by atoms with van der Waals surface area (Å²) in [6.45, 7) is 2.39. The molecule has 0 aromatic heterocycles. The van der Waals surface area contributed by atoms with Gasteiger partial charge in [-0.2, -0.15) is 0 Å². The van der Waals surface area contributed by atoms with Gasteiger partial charge in [-0.25, -0.2) is 0 Å². The summed E-state index contributed by atoms with van der Waals surface area (Å²) in [5, 5.41) is 0. The van der Waals surface area contributed by atoms with Crippen LogP contribution >= 0.6 is 0 Å². The van der Waals surface area contributed by atoms with Crippen LogP contribution in [0.25, 0.3) is 0 Å². The van der Waals surface area contributed by atoms with Crippen LogP contribution in [0.15, 0.2) is 0 Å². The summed E-state index contributed by atoms with van der Waals surface area (Å²) in [6.07, 6.45) is 5.06. The van der Waals surface area contributed by atoms with E-state index in [9.17, 15) is 0 Å². The lowest BCUT2D eigenvalue weighted by Gasteiger charge is -1.96. The lowest BCUT2D eigenvalue weighted by molar-refractivity contribution is 0.618. The van der Waals surface area contributed by atoms with Crippen LogP contribution < -0.4 is 0 Å². The fourth-order valence-electron chi connectivity index (χ4n) is 2.25. The monoisotopic (exact) mass is 134 g/mol. The Kier molecular flexibility index (Phi) is 1.45. The SMILES string of the molecule is C[C@H]1[C@H]2CCC#CCC[C@@H]12. The zero-order chi connectivity index (χ0) is 6.97. The first-order chi connectivity index (χ1) is 4.89. The van der Waals surface area contributed by atoms with Crippen molar-refractivity contribution in [3.05, 3.63) is 0 Å². The molecule has 0 heterocycles. The van der Waals surface area contributed by atoms with Crippen LogP contribution in [0.5, 0.6) is 0 Å². The molecule has 2 rings (SSSR count). The van der Waals surface area contributed by atoms with Crippen molar-refractivity contribution in [3.8, 4) is 11.8 Å². The van der Waals surface area contributed by atoms with Crippen molar-refractivity contribution < 1.29 is 0 Å². The second-order valence-electron chi connectivity index (χ2n) is 3.62. The fourth-order valence-corrected chi connectivity index (χ4v) is 2.25. The topological polar surface area (TPSA) is 0 Å². The van der Waals surface area contributed by atoms with Gasteiger partial charge in [0.1, 0.15) is 0 Å². The van der Waals surface area contributed by atoms with E-state index >= 15 is 0 Å². The summed E-state index contributed by atoms with van der Waals surface area (Å²) in [4.78, 5) is 0. The lowest BCUT2D eigenvalue weighted by Crippen LogP contribution is -1.85. The highest BCUT2D eigenvalue weighted by Crippen LogP contribution is 2.51. The average molecular weight is 134 g/mol. The van der Waals surface area contributed by atoms with E-state index in [4.69, 9.17) is 0 Å². The third-order valence-corrected chi connectivity index (χ3v) is 3.09. The molecule has 0 N–H and O–H groups in total. The predicted octanol–water partition coefficient (Wildman–Crippen LogP) is 2.45. The van der Waals surface area contributed by atoms with Gasteiger partial charge in [-0.1, -0.05) is 6.92 Å². The first-order valence-corrected chi connectivity index (χ1v) is 4.35.